The van der Waals surface area contributed by atoms with E-state index in [-0.39, 0.29) is 6.42 Å². The van der Waals surface area contributed by atoms with E-state index in [1.54, 1.807) is 18.9 Å². The Morgan fingerprint density at radius 2 is 1.95 bits per heavy atom. The summed E-state index contributed by atoms with van der Waals surface area (Å²) < 4.78 is 6.02. The van der Waals surface area contributed by atoms with Crippen molar-refractivity contribution in [3.8, 4) is 5.75 Å². The maximum Gasteiger partial charge on any atom is 0.307 e. The van der Waals surface area contributed by atoms with Gasteiger partial charge in [-0.15, -0.1) is 0 Å². The van der Waals surface area contributed by atoms with Gasteiger partial charge in [0.25, 0.3) is 0 Å². The predicted octanol–water partition coefficient (Wildman–Crippen LogP) is 4.24. The summed E-state index contributed by atoms with van der Waals surface area (Å²) in [6.45, 7) is 0. The Hall–Kier alpha value is -1.46. The molecule has 0 aliphatic carbocycles. The first kappa shape index (κ1) is 14.9. The Bertz CT molecular complexity index is 611. The molecule has 3 nitrogen and oxygen atoms in total. The van der Waals surface area contributed by atoms with E-state index in [0.717, 1.165) is 25.6 Å². The van der Waals surface area contributed by atoms with Gasteiger partial charge >= 0.3 is 5.97 Å². The predicted molar refractivity (Wildman–Crippen MR) is 82.6 cm³/mol. The fourth-order valence-electron chi connectivity index (χ4n) is 1.68. The second-order valence-corrected chi connectivity index (χ2v) is 6.08. The number of rotatable bonds is 5. The first-order valence-corrected chi connectivity index (χ1v) is 7.51. The third-order valence-electron chi connectivity index (χ3n) is 2.64. The Balaban J connectivity index is 2.14. The number of carbonyl (C=O) groups is 1. The highest BCUT2D eigenvalue weighted by molar-refractivity contribution is 9.10. The molecule has 0 heterocycles. The van der Waals surface area contributed by atoms with Gasteiger partial charge in [-0.05, 0) is 57.9 Å². The number of methoxy groups -OCH3 is 1. The maximum absolute atomic E-state index is 10.7. The molecule has 104 valence electrons. The topological polar surface area (TPSA) is 46.5 Å². The first-order valence-electron chi connectivity index (χ1n) is 5.90. The number of carboxylic acid groups (broad SMARTS) is 1. The van der Waals surface area contributed by atoms with Crippen LogP contribution < -0.4 is 4.74 Å². The Morgan fingerprint density at radius 3 is 2.50 bits per heavy atom. The molecular formula is C15H13BrO3S. The molecule has 5 heteroatoms. The van der Waals surface area contributed by atoms with Crippen molar-refractivity contribution >= 4 is 33.7 Å². The average molecular weight is 353 g/mol. The lowest BCUT2D eigenvalue weighted by atomic mass is 10.2. The van der Waals surface area contributed by atoms with Gasteiger partial charge in [0.05, 0.1) is 13.5 Å². The van der Waals surface area contributed by atoms with Gasteiger partial charge in [0, 0.05) is 14.3 Å². The quantitative estimate of drug-likeness (QED) is 0.874. The number of aliphatic carboxylic acids is 1. The SMILES string of the molecule is COc1ccc(Sc2ccc(CC(=O)O)cc2Br)cc1. The molecule has 1 N–H and O–H groups in total. The van der Waals surface area contributed by atoms with Crippen molar-refractivity contribution in [3.63, 3.8) is 0 Å². The molecule has 2 aromatic rings. The van der Waals surface area contributed by atoms with Gasteiger partial charge in [-0.2, -0.15) is 0 Å². The molecule has 0 aliphatic heterocycles. The van der Waals surface area contributed by atoms with E-state index >= 15 is 0 Å². The van der Waals surface area contributed by atoms with Crippen LogP contribution in [0, 0.1) is 0 Å². The lowest BCUT2D eigenvalue weighted by molar-refractivity contribution is -0.136. The van der Waals surface area contributed by atoms with Crippen molar-refractivity contribution in [2.24, 2.45) is 0 Å². The van der Waals surface area contributed by atoms with E-state index in [9.17, 15) is 4.79 Å². The largest absolute Gasteiger partial charge is 0.497 e. The molecule has 0 amide bonds. The fraction of sp³-hybridized carbons (Fsp3) is 0.133. The Kier molecular flexibility index (Phi) is 5.09. The summed E-state index contributed by atoms with van der Waals surface area (Å²) >= 11 is 5.10. The molecule has 20 heavy (non-hydrogen) atoms. The van der Waals surface area contributed by atoms with Crippen molar-refractivity contribution in [1.82, 2.24) is 0 Å². The van der Waals surface area contributed by atoms with Crippen LogP contribution in [-0.2, 0) is 11.2 Å². The van der Waals surface area contributed by atoms with Crippen LogP contribution in [0.2, 0.25) is 0 Å². The molecule has 0 aromatic heterocycles. The number of halogens is 1. The molecule has 0 atom stereocenters. The van der Waals surface area contributed by atoms with Gasteiger partial charge < -0.3 is 9.84 Å². The van der Waals surface area contributed by atoms with Gasteiger partial charge in [-0.3, -0.25) is 4.79 Å². The van der Waals surface area contributed by atoms with Crippen LogP contribution in [-0.4, -0.2) is 18.2 Å². The van der Waals surface area contributed by atoms with Crippen LogP contribution >= 0.6 is 27.7 Å². The lowest BCUT2D eigenvalue weighted by Crippen LogP contribution is -1.99. The monoisotopic (exact) mass is 352 g/mol. The summed E-state index contributed by atoms with van der Waals surface area (Å²) in [5.74, 6) is -0.00215. The highest BCUT2D eigenvalue weighted by Gasteiger charge is 2.06. The number of ether oxygens (including phenoxy) is 1. The Morgan fingerprint density at radius 1 is 1.25 bits per heavy atom. The lowest BCUT2D eigenvalue weighted by Gasteiger charge is -2.07. The van der Waals surface area contributed by atoms with Crippen molar-refractivity contribution in [1.29, 1.82) is 0 Å². The molecule has 0 aliphatic rings. The minimum atomic E-state index is -0.826. The second-order valence-electron chi connectivity index (χ2n) is 4.11. The van der Waals surface area contributed by atoms with Crippen molar-refractivity contribution in [2.75, 3.05) is 7.11 Å². The zero-order valence-corrected chi connectivity index (χ0v) is 13.2. The van der Waals surface area contributed by atoms with Crippen molar-refractivity contribution in [3.05, 3.63) is 52.5 Å². The molecule has 2 aromatic carbocycles. The third kappa shape index (κ3) is 4.02. The number of hydrogen-bond donors (Lipinski definition) is 1. The molecule has 0 fully saturated rings. The first-order chi connectivity index (χ1) is 9.58. The normalized spacial score (nSPS) is 10.3. The molecule has 0 unspecified atom stereocenters. The Labute approximate surface area is 130 Å². The van der Waals surface area contributed by atoms with Gasteiger partial charge in [0.2, 0.25) is 0 Å². The van der Waals surface area contributed by atoms with Crippen molar-refractivity contribution in [2.45, 2.75) is 16.2 Å². The summed E-state index contributed by atoms with van der Waals surface area (Å²) in [7, 11) is 1.64. The van der Waals surface area contributed by atoms with Crippen LogP contribution in [0.5, 0.6) is 5.75 Å². The highest BCUT2D eigenvalue weighted by atomic mass is 79.9. The van der Waals surface area contributed by atoms with Crippen LogP contribution in [0.4, 0.5) is 0 Å². The van der Waals surface area contributed by atoms with Gasteiger partial charge in [-0.25, -0.2) is 0 Å². The highest BCUT2D eigenvalue weighted by Crippen LogP contribution is 2.34. The molecule has 0 saturated carbocycles. The minimum Gasteiger partial charge on any atom is -0.497 e. The average Bonchev–Trinajstić information content (AvgIpc) is 2.42. The smallest absolute Gasteiger partial charge is 0.307 e. The molecule has 0 radical (unpaired) electrons. The van der Waals surface area contributed by atoms with Crippen LogP contribution in [0.25, 0.3) is 0 Å². The van der Waals surface area contributed by atoms with E-state index in [1.807, 2.05) is 42.5 Å². The van der Waals surface area contributed by atoms with Gasteiger partial charge in [-0.1, -0.05) is 17.8 Å². The molecule has 2 rings (SSSR count). The summed E-state index contributed by atoms with van der Waals surface area (Å²) in [6, 6.07) is 13.4. The van der Waals surface area contributed by atoms with Gasteiger partial charge in [0.1, 0.15) is 5.75 Å². The molecular weight excluding hydrogens is 340 g/mol. The number of hydrogen-bond acceptors (Lipinski definition) is 3. The van der Waals surface area contributed by atoms with E-state index < -0.39 is 5.97 Å². The molecule has 0 spiro atoms. The van der Waals surface area contributed by atoms with Gasteiger partial charge in [0.15, 0.2) is 0 Å². The summed E-state index contributed by atoms with van der Waals surface area (Å²) in [5.41, 5.74) is 0.781. The van der Waals surface area contributed by atoms with E-state index in [0.29, 0.717) is 0 Å². The van der Waals surface area contributed by atoms with Crippen LogP contribution in [0.3, 0.4) is 0 Å². The summed E-state index contributed by atoms with van der Waals surface area (Å²) in [6.07, 6.45) is 0.0338. The summed E-state index contributed by atoms with van der Waals surface area (Å²) in [4.78, 5) is 12.8. The minimum absolute atomic E-state index is 0.0338. The number of carboxylic acids is 1. The fourth-order valence-corrected chi connectivity index (χ4v) is 3.17. The van der Waals surface area contributed by atoms with E-state index in [4.69, 9.17) is 9.84 Å². The summed E-state index contributed by atoms with van der Waals surface area (Å²) in [5, 5.41) is 8.78. The zero-order valence-electron chi connectivity index (χ0n) is 10.8. The maximum atomic E-state index is 10.7. The van der Waals surface area contributed by atoms with E-state index in [1.165, 1.54) is 0 Å². The number of benzene rings is 2. The second kappa shape index (κ2) is 6.81. The molecule has 0 saturated heterocycles. The van der Waals surface area contributed by atoms with E-state index in [2.05, 4.69) is 15.9 Å². The van der Waals surface area contributed by atoms with Crippen LogP contribution in [0.1, 0.15) is 5.56 Å². The standard InChI is InChI=1S/C15H13BrO3S/c1-19-11-3-5-12(6-4-11)20-14-7-2-10(8-13(14)16)9-15(17)18/h2-8H,9H2,1H3,(H,17,18). The third-order valence-corrected chi connectivity index (χ3v) is 4.64. The molecule has 0 bridgehead atoms. The van der Waals surface area contributed by atoms with Crippen LogP contribution in [0.15, 0.2) is 56.7 Å². The zero-order chi connectivity index (χ0) is 14.5. The van der Waals surface area contributed by atoms with Crippen molar-refractivity contribution < 1.29 is 14.6 Å².